The molecule has 0 bridgehead atoms. The van der Waals surface area contributed by atoms with Gasteiger partial charge in [0.1, 0.15) is 5.69 Å². The first-order valence-corrected chi connectivity index (χ1v) is 2.96. The van der Waals surface area contributed by atoms with E-state index in [4.69, 9.17) is 0 Å². The summed E-state index contributed by atoms with van der Waals surface area (Å²) in [4.78, 5) is 3.87. The van der Waals surface area contributed by atoms with Gasteiger partial charge in [-0.15, -0.1) is 0 Å². The summed E-state index contributed by atoms with van der Waals surface area (Å²) in [6, 6.07) is 7.99. The summed E-state index contributed by atoms with van der Waals surface area (Å²) in [6.45, 7) is 0. The van der Waals surface area contributed by atoms with Crippen LogP contribution in [0.5, 0.6) is 0 Å². The van der Waals surface area contributed by atoms with E-state index in [0.717, 1.165) is 5.69 Å². The monoisotopic (exact) mass is 133 g/mol. The summed E-state index contributed by atoms with van der Waals surface area (Å²) < 4.78 is 0. The summed E-state index contributed by atoms with van der Waals surface area (Å²) >= 11 is 0. The van der Waals surface area contributed by atoms with Crippen LogP contribution in [0.25, 0.3) is 0 Å². The first-order chi connectivity index (χ1) is 4.88. The molecule has 0 aromatic heterocycles. The molecular weight excluding hydrogens is 128 g/mol. The summed E-state index contributed by atoms with van der Waals surface area (Å²) in [7, 11) is 0. The second-order valence-corrected chi connectivity index (χ2v) is 2.07. The molecule has 0 spiro atoms. The van der Waals surface area contributed by atoms with E-state index in [1.165, 1.54) is 6.34 Å². The van der Waals surface area contributed by atoms with Crippen molar-refractivity contribution in [2.45, 2.75) is 0 Å². The Morgan fingerprint density at radius 3 is 3.30 bits per heavy atom. The van der Waals surface area contributed by atoms with Crippen molar-refractivity contribution in [2.24, 2.45) is 4.99 Å². The van der Waals surface area contributed by atoms with Crippen molar-refractivity contribution < 1.29 is 5.06 Å². The minimum atomic E-state index is -0.0102. The molecular formula is C7H5N2O. The molecule has 2 rings (SSSR count). The molecule has 1 aromatic carbocycles. The fraction of sp³-hybridized carbons (Fsp3) is 0. The van der Waals surface area contributed by atoms with Crippen LogP contribution >= 0.6 is 0 Å². The molecule has 1 aliphatic heterocycles. The molecule has 3 nitrogen and oxygen atoms in total. The van der Waals surface area contributed by atoms with Crippen LogP contribution in [0, 0.1) is 11.3 Å². The largest absolute Gasteiger partial charge is 0.623 e. The lowest BCUT2D eigenvalue weighted by Gasteiger charge is -2.09. The maximum absolute atomic E-state index is 10.9. The van der Waals surface area contributed by atoms with Crippen LogP contribution in [0.4, 0.5) is 11.4 Å². The normalized spacial score (nSPS) is 21.1. The van der Waals surface area contributed by atoms with E-state index in [1.54, 1.807) is 18.2 Å². The molecule has 1 aromatic rings. The molecule has 1 aliphatic rings. The molecule has 0 amide bonds. The zero-order chi connectivity index (χ0) is 6.97. The molecule has 49 valence electrons. The average Bonchev–Trinajstić information content (AvgIpc) is 2.34. The number of aliphatic imine (C=N–C) groups is 1. The highest BCUT2D eigenvalue weighted by molar-refractivity contribution is 5.71. The standard InChI is InChI=1S/C7H5N2O/c10-9-5-8-6-3-1-2-4-7(6)9/h2-5,9H. The van der Waals surface area contributed by atoms with Crippen LogP contribution in [0.2, 0.25) is 0 Å². The van der Waals surface area contributed by atoms with Gasteiger partial charge in [0.25, 0.3) is 0 Å². The minimum Gasteiger partial charge on any atom is -0.623 e. The number of hydrogen-bond acceptors (Lipinski definition) is 2. The molecule has 3 heteroatoms. The van der Waals surface area contributed by atoms with Crippen molar-refractivity contribution in [1.82, 2.24) is 0 Å². The molecule has 1 heterocycles. The summed E-state index contributed by atoms with van der Waals surface area (Å²) in [5.74, 6) is 0. The fourth-order valence-electron chi connectivity index (χ4n) is 0.935. The van der Waals surface area contributed by atoms with Crippen molar-refractivity contribution in [3.63, 3.8) is 0 Å². The molecule has 1 atom stereocenters. The van der Waals surface area contributed by atoms with Gasteiger partial charge in [0.05, 0.1) is 0 Å². The molecule has 0 fully saturated rings. The molecule has 1 N–H and O–H groups in total. The lowest BCUT2D eigenvalue weighted by atomic mass is 10.3. The van der Waals surface area contributed by atoms with Crippen LogP contribution < -0.4 is 5.06 Å². The second kappa shape index (κ2) is 1.90. The average molecular weight is 133 g/mol. The van der Waals surface area contributed by atoms with Gasteiger partial charge >= 0.3 is 0 Å². The molecule has 1 unspecified atom stereocenters. The maximum Gasteiger partial charge on any atom is 0.194 e. The summed E-state index contributed by atoms with van der Waals surface area (Å²) in [5.41, 5.74) is 1.41. The highest BCUT2D eigenvalue weighted by Crippen LogP contribution is 2.21. The Kier molecular flexibility index (Phi) is 1.06. The Morgan fingerprint density at radius 2 is 2.50 bits per heavy atom. The van der Waals surface area contributed by atoms with Crippen molar-refractivity contribution in [2.75, 3.05) is 0 Å². The maximum atomic E-state index is 10.9. The van der Waals surface area contributed by atoms with Gasteiger partial charge in [-0.1, -0.05) is 0 Å². The van der Waals surface area contributed by atoms with Gasteiger partial charge in [-0.25, -0.2) is 0 Å². The number of hydrogen-bond donors (Lipinski definition) is 1. The van der Waals surface area contributed by atoms with E-state index in [-0.39, 0.29) is 5.06 Å². The van der Waals surface area contributed by atoms with Crippen LogP contribution in [0.3, 0.4) is 0 Å². The van der Waals surface area contributed by atoms with Crippen LogP contribution in [0.15, 0.2) is 23.2 Å². The van der Waals surface area contributed by atoms with Crippen molar-refractivity contribution in [3.8, 4) is 0 Å². The number of nitrogens with one attached hydrogen (secondary N) is 1. The van der Waals surface area contributed by atoms with E-state index in [0.29, 0.717) is 5.69 Å². The first-order valence-electron chi connectivity index (χ1n) is 2.96. The number of quaternary nitrogens is 1. The van der Waals surface area contributed by atoms with Gasteiger partial charge in [-0.3, -0.25) is 5.06 Å². The Morgan fingerprint density at radius 1 is 1.60 bits per heavy atom. The van der Waals surface area contributed by atoms with Crippen LogP contribution in [-0.4, -0.2) is 6.34 Å². The number of hydroxylamine groups is 1. The van der Waals surface area contributed by atoms with E-state index in [2.05, 4.69) is 11.1 Å². The highest BCUT2D eigenvalue weighted by atomic mass is 16.5. The number of benzene rings is 1. The highest BCUT2D eigenvalue weighted by Gasteiger charge is 2.11. The number of fused-ring (bicyclic) bond motifs is 1. The number of rotatable bonds is 0. The predicted molar refractivity (Wildman–Crippen MR) is 37.4 cm³/mol. The van der Waals surface area contributed by atoms with E-state index in [1.807, 2.05) is 0 Å². The molecule has 1 radical (unpaired) electrons. The van der Waals surface area contributed by atoms with Crippen LogP contribution in [0.1, 0.15) is 0 Å². The van der Waals surface area contributed by atoms with E-state index < -0.39 is 0 Å². The van der Waals surface area contributed by atoms with Gasteiger partial charge in [0.15, 0.2) is 12.0 Å². The van der Waals surface area contributed by atoms with E-state index >= 15 is 0 Å². The number of nitrogens with zero attached hydrogens (tertiary/aromatic N) is 1. The Hall–Kier alpha value is -1.19. The van der Waals surface area contributed by atoms with Gasteiger partial charge in [0.2, 0.25) is 0 Å². The third-order valence-electron chi connectivity index (χ3n) is 1.43. The van der Waals surface area contributed by atoms with E-state index in [9.17, 15) is 5.21 Å². The third-order valence-corrected chi connectivity index (χ3v) is 1.43. The Balaban J connectivity index is 2.59. The molecule has 0 saturated heterocycles. The smallest absolute Gasteiger partial charge is 0.194 e. The summed E-state index contributed by atoms with van der Waals surface area (Å²) in [5, 5.41) is 10.9. The van der Waals surface area contributed by atoms with Crippen molar-refractivity contribution in [3.05, 3.63) is 29.5 Å². The van der Waals surface area contributed by atoms with Gasteiger partial charge in [-0.2, -0.15) is 4.99 Å². The lowest BCUT2D eigenvalue weighted by Crippen LogP contribution is -2.99. The molecule has 0 aliphatic carbocycles. The Bertz CT molecular complexity index is 283. The first kappa shape index (κ1) is 5.58. The quantitative estimate of drug-likeness (QED) is 0.503. The molecule has 0 saturated carbocycles. The zero-order valence-electron chi connectivity index (χ0n) is 5.16. The van der Waals surface area contributed by atoms with Crippen molar-refractivity contribution >= 4 is 17.7 Å². The molecule has 10 heavy (non-hydrogen) atoms. The van der Waals surface area contributed by atoms with Crippen LogP contribution in [-0.2, 0) is 0 Å². The lowest BCUT2D eigenvalue weighted by molar-refractivity contribution is -0.655. The minimum absolute atomic E-state index is 0.0102. The van der Waals surface area contributed by atoms with Gasteiger partial charge < -0.3 is 5.21 Å². The summed E-state index contributed by atoms with van der Waals surface area (Å²) in [6.07, 6.45) is 1.33. The third kappa shape index (κ3) is 0.650. The second-order valence-electron chi connectivity index (χ2n) is 2.07. The fourth-order valence-corrected chi connectivity index (χ4v) is 0.935. The van der Waals surface area contributed by atoms with Gasteiger partial charge in [-0.05, 0) is 18.2 Å². The predicted octanol–water partition coefficient (Wildman–Crippen LogP) is 0.174. The van der Waals surface area contributed by atoms with Crippen molar-refractivity contribution in [1.29, 1.82) is 0 Å². The zero-order valence-corrected chi connectivity index (χ0v) is 5.16. The Labute approximate surface area is 58.2 Å². The van der Waals surface area contributed by atoms with Gasteiger partial charge in [0, 0.05) is 6.07 Å². The SMILES string of the molecule is [O-][NH+]1C=Nc2c[c]ccc21. The topological polar surface area (TPSA) is 39.9 Å².